The van der Waals surface area contributed by atoms with E-state index in [4.69, 9.17) is 4.74 Å². The molecule has 0 saturated carbocycles. The lowest BCUT2D eigenvalue weighted by molar-refractivity contribution is 0.102. The van der Waals surface area contributed by atoms with Crippen molar-refractivity contribution >= 4 is 33.0 Å². The van der Waals surface area contributed by atoms with Gasteiger partial charge in [-0.3, -0.25) is 4.79 Å². The third-order valence-corrected chi connectivity index (χ3v) is 7.56. The molecule has 0 spiro atoms. The number of thiazole rings is 1. The van der Waals surface area contributed by atoms with Crippen molar-refractivity contribution in [2.45, 2.75) is 18.7 Å². The van der Waals surface area contributed by atoms with Gasteiger partial charge in [-0.25, -0.2) is 13.4 Å². The molecule has 0 saturated heterocycles. The molecule has 164 valence electrons. The van der Waals surface area contributed by atoms with E-state index in [-0.39, 0.29) is 22.0 Å². The number of nitrogens with one attached hydrogen (secondary N) is 1. The molecule has 3 aromatic rings. The number of carbonyl (C=O) groups is 1. The highest BCUT2D eigenvalue weighted by Crippen LogP contribution is 2.33. The van der Waals surface area contributed by atoms with Crippen LogP contribution in [0.25, 0.3) is 10.6 Å². The van der Waals surface area contributed by atoms with Gasteiger partial charge in [0.05, 0.1) is 23.3 Å². The van der Waals surface area contributed by atoms with Crippen LogP contribution in [0.1, 0.15) is 24.3 Å². The molecular weight excluding hydrogens is 438 g/mol. The largest absolute Gasteiger partial charge is 0.506 e. The molecule has 0 bridgehead atoms. The third-order valence-electron chi connectivity index (χ3n) is 4.63. The summed E-state index contributed by atoms with van der Waals surface area (Å²) in [6, 6.07) is 11.1. The second-order valence-corrected chi connectivity index (χ2v) is 9.26. The fourth-order valence-electron chi connectivity index (χ4n) is 3.00. The Hall–Kier alpha value is -2.95. The van der Waals surface area contributed by atoms with Crippen molar-refractivity contribution in [3.05, 3.63) is 53.5 Å². The van der Waals surface area contributed by atoms with Gasteiger partial charge in [0.1, 0.15) is 22.2 Å². The molecule has 0 aliphatic heterocycles. The summed E-state index contributed by atoms with van der Waals surface area (Å²) in [6.45, 7) is 4.11. The summed E-state index contributed by atoms with van der Waals surface area (Å²) in [4.78, 5) is 17.0. The van der Waals surface area contributed by atoms with Crippen molar-refractivity contribution < 1.29 is 23.1 Å². The van der Waals surface area contributed by atoms with E-state index in [1.165, 1.54) is 33.8 Å². The minimum Gasteiger partial charge on any atom is -0.506 e. The van der Waals surface area contributed by atoms with E-state index in [2.05, 4.69) is 10.3 Å². The summed E-state index contributed by atoms with van der Waals surface area (Å²) in [5, 5.41) is 14.9. The summed E-state index contributed by atoms with van der Waals surface area (Å²) >= 11 is 1.28. The van der Waals surface area contributed by atoms with Crippen molar-refractivity contribution in [3.63, 3.8) is 0 Å². The van der Waals surface area contributed by atoms with E-state index in [0.717, 1.165) is 5.56 Å². The number of carbonyl (C=O) groups excluding carboxylic acids is 1. The van der Waals surface area contributed by atoms with Crippen LogP contribution in [0.5, 0.6) is 11.5 Å². The number of hydrogen-bond acceptors (Lipinski definition) is 7. The number of phenols is 1. The number of aromatic nitrogens is 1. The zero-order chi connectivity index (χ0) is 22.6. The Morgan fingerprint density at radius 3 is 2.58 bits per heavy atom. The molecule has 1 heterocycles. The van der Waals surface area contributed by atoms with Gasteiger partial charge in [0.2, 0.25) is 10.0 Å². The Morgan fingerprint density at radius 1 is 1.19 bits per heavy atom. The number of rotatable bonds is 8. The lowest BCUT2D eigenvalue weighted by Crippen LogP contribution is -2.30. The van der Waals surface area contributed by atoms with Crippen LogP contribution >= 0.6 is 11.3 Å². The molecule has 0 fully saturated rings. The summed E-state index contributed by atoms with van der Waals surface area (Å²) in [6.07, 6.45) is 0. The smallest absolute Gasteiger partial charge is 0.275 e. The third kappa shape index (κ3) is 4.71. The van der Waals surface area contributed by atoms with Gasteiger partial charge in [0, 0.05) is 18.5 Å². The van der Waals surface area contributed by atoms with Gasteiger partial charge >= 0.3 is 0 Å². The molecule has 0 atom stereocenters. The first-order chi connectivity index (χ1) is 14.8. The fourth-order valence-corrected chi connectivity index (χ4v) is 5.31. The van der Waals surface area contributed by atoms with Crippen LogP contribution < -0.4 is 10.1 Å². The predicted octanol–water partition coefficient (Wildman–Crippen LogP) is 3.81. The first-order valence-corrected chi connectivity index (χ1v) is 11.9. The first kappa shape index (κ1) is 22.7. The van der Waals surface area contributed by atoms with Crippen molar-refractivity contribution in [1.29, 1.82) is 0 Å². The topological polar surface area (TPSA) is 109 Å². The number of nitrogens with zero attached hydrogens (tertiary/aromatic N) is 2. The number of phenolic OH excluding ortho intramolecular Hbond substituents is 1. The van der Waals surface area contributed by atoms with Crippen LogP contribution in [0.15, 0.2) is 52.7 Å². The molecule has 10 heteroatoms. The molecule has 31 heavy (non-hydrogen) atoms. The lowest BCUT2D eigenvalue weighted by Gasteiger charge is -2.19. The van der Waals surface area contributed by atoms with Gasteiger partial charge in [-0.15, -0.1) is 11.3 Å². The van der Waals surface area contributed by atoms with Gasteiger partial charge < -0.3 is 15.2 Å². The van der Waals surface area contributed by atoms with Gasteiger partial charge in [0.25, 0.3) is 5.91 Å². The average molecular weight is 462 g/mol. The van der Waals surface area contributed by atoms with Crippen molar-refractivity contribution in [2.24, 2.45) is 0 Å². The molecule has 2 N–H and O–H groups in total. The summed E-state index contributed by atoms with van der Waals surface area (Å²) in [5.74, 6) is -0.173. The molecule has 2 aromatic carbocycles. The minimum atomic E-state index is -3.74. The second-order valence-electron chi connectivity index (χ2n) is 6.46. The number of sulfonamides is 1. The van der Waals surface area contributed by atoms with Crippen LogP contribution in [0, 0.1) is 0 Å². The summed E-state index contributed by atoms with van der Waals surface area (Å²) in [7, 11) is -2.18. The predicted molar refractivity (Wildman–Crippen MR) is 120 cm³/mol. The maximum absolute atomic E-state index is 12.7. The number of anilines is 1. The maximum atomic E-state index is 12.7. The van der Waals surface area contributed by atoms with Crippen LogP contribution in [0.4, 0.5) is 5.69 Å². The maximum Gasteiger partial charge on any atom is 0.275 e. The highest BCUT2D eigenvalue weighted by Gasteiger charge is 2.23. The standard InChI is InChI=1S/C21H23N3O5S2/c1-4-24(5-2)31(27,28)14-10-11-18(25)16(12-14)22-20(26)17-13-30-21(23-17)15-8-6-7-9-19(15)29-3/h6-13,25H,4-5H2,1-3H3,(H,22,26). The first-order valence-electron chi connectivity index (χ1n) is 9.55. The summed E-state index contributed by atoms with van der Waals surface area (Å²) < 4.78 is 32.1. The Bertz CT molecular complexity index is 1190. The zero-order valence-electron chi connectivity index (χ0n) is 17.3. The van der Waals surface area contributed by atoms with Gasteiger partial charge in [-0.2, -0.15) is 4.31 Å². The monoisotopic (exact) mass is 461 g/mol. The molecule has 1 amide bonds. The zero-order valence-corrected chi connectivity index (χ0v) is 19.0. The molecule has 0 aliphatic carbocycles. The minimum absolute atomic E-state index is 0.00919. The van der Waals surface area contributed by atoms with Gasteiger partial charge in [-0.05, 0) is 30.3 Å². The van der Waals surface area contributed by atoms with E-state index in [1.54, 1.807) is 32.4 Å². The molecule has 0 radical (unpaired) electrons. The van der Waals surface area contributed by atoms with Crippen LogP contribution in [-0.4, -0.2) is 48.9 Å². The van der Waals surface area contributed by atoms with Crippen molar-refractivity contribution in [3.8, 4) is 22.1 Å². The molecule has 8 nitrogen and oxygen atoms in total. The van der Waals surface area contributed by atoms with Crippen molar-refractivity contribution in [1.82, 2.24) is 9.29 Å². The van der Waals surface area contributed by atoms with Crippen molar-refractivity contribution in [2.75, 3.05) is 25.5 Å². The number of para-hydroxylation sites is 1. The Balaban J connectivity index is 1.87. The lowest BCUT2D eigenvalue weighted by atomic mass is 10.2. The normalized spacial score (nSPS) is 11.5. The van der Waals surface area contributed by atoms with Crippen LogP contribution in [0.2, 0.25) is 0 Å². The number of hydrogen-bond donors (Lipinski definition) is 2. The molecule has 1 aromatic heterocycles. The van der Waals surface area contributed by atoms with E-state index >= 15 is 0 Å². The number of benzene rings is 2. The molecular formula is C21H23N3O5S2. The average Bonchev–Trinajstić information content (AvgIpc) is 3.26. The number of ether oxygens (including phenoxy) is 1. The van der Waals surface area contributed by atoms with Gasteiger partial charge in [0.15, 0.2) is 0 Å². The van der Waals surface area contributed by atoms with E-state index in [9.17, 15) is 18.3 Å². The van der Waals surface area contributed by atoms with E-state index in [0.29, 0.717) is 23.8 Å². The fraction of sp³-hybridized carbons (Fsp3) is 0.238. The van der Waals surface area contributed by atoms with Crippen LogP contribution in [0.3, 0.4) is 0 Å². The molecule has 0 aliphatic rings. The molecule has 0 unspecified atom stereocenters. The van der Waals surface area contributed by atoms with Gasteiger partial charge in [-0.1, -0.05) is 26.0 Å². The molecule has 3 rings (SSSR count). The number of amides is 1. The Morgan fingerprint density at radius 2 is 1.90 bits per heavy atom. The highest BCUT2D eigenvalue weighted by molar-refractivity contribution is 7.89. The highest BCUT2D eigenvalue weighted by atomic mass is 32.2. The SMILES string of the molecule is CCN(CC)S(=O)(=O)c1ccc(O)c(NC(=O)c2csc(-c3ccccc3OC)n2)c1. The second kappa shape index (κ2) is 9.46. The summed E-state index contributed by atoms with van der Waals surface area (Å²) in [5.41, 5.74) is 0.886. The number of aromatic hydroxyl groups is 1. The van der Waals surface area contributed by atoms with E-state index < -0.39 is 15.9 Å². The van der Waals surface area contributed by atoms with Crippen LogP contribution in [-0.2, 0) is 10.0 Å². The number of methoxy groups -OCH3 is 1. The Kier molecular flexibility index (Phi) is 6.94. The van der Waals surface area contributed by atoms with E-state index in [1.807, 2.05) is 18.2 Å². The quantitative estimate of drug-likeness (QED) is 0.494. The Labute approximate surface area is 185 Å².